The number of ether oxygens (including phenoxy) is 7. The maximum atomic E-state index is 14.3. The van der Waals surface area contributed by atoms with Gasteiger partial charge in [-0.05, 0) is 91.4 Å². The Balaban J connectivity index is 0.975. The number of carbonyl (C=O) groups is 5. The van der Waals surface area contributed by atoms with E-state index in [1.165, 1.54) is 0 Å². The zero-order valence-electron chi connectivity index (χ0n) is 47.2. The number of nitrogens with one attached hydrogen (secondary N) is 1. The third-order valence-electron chi connectivity index (χ3n) is 14.2. The summed E-state index contributed by atoms with van der Waals surface area (Å²) in [7, 11) is 9.80. The van der Waals surface area contributed by atoms with E-state index in [1.54, 1.807) is 84.0 Å². The molecule has 19 nitrogen and oxygen atoms in total. The van der Waals surface area contributed by atoms with Crippen molar-refractivity contribution in [1.29, 1.82) is 0 Å². The molecule has 5 aromatic carbocycles. The Morgan fingerprint density at radius 1 is 0.756 bits per heavy atom. The van der Waals surface area contributed by atoms with Gasteiger partial charge in [-0.15, -0.1) is 5.06 Å². The quantitative estimate of drug-likeness (QED) is 0.0270. The van der Waals surface area contributed by atoms with Gasteiger partial charge in [0.15, 0.2) is 23.0 Å². The summed E-state index contributed by atoms with van der Waals surface area (Å²) in [5, 5.41) is 3.79. The first kappa shape index (κ1) is 59.3. The molecule has 0 aromatic heterocycles. The van der Waals surface area contributed by atoms with Crippen LogP contribution < -0.4 is 39.0 Å². The number of benzene rings is 5. The molecule has 0 spiro atoms. The van der Waals surface area contributed by atoms with Crippen LogP contribution in [0.3, 0.4) is 0 Å². The highest BCUT2D eigenvalue weighted by Crippen LogP contribution is 2.43. The number of hydroxylamine groups is 2. The van der Waals surface area contributed by atoms with E-state index >= 15 is 0 Å². The monoisotopic (exact) mass is 1160 g/mol. The van der Waals surface area contributed by atoms with E-state index in [4.69, 9.17) is 43.0 Å². The van der Waals surface area contributed by atoms with Crippen molar-refractivity contribution in [2.45, 2.75) is 76.4 Å². The lowest BCUT2D eigenvalue weighted by atomic mass is 10.1. The molecule has 4 aliphatic heterocycles. The summed E-state index contributed by atoms with van der Waals surface area (Å²) in [5.41, 5.74) is 8.38. The van der Waals surface area contributed by atoms with Crippen LogP contribution in [-0.4, -0.2) is 138 Å². The molecule has 0 saturated carbocycles. The molecular formula is C61H70N6O13S2. The van der Waals surface area contributed by atoms with Crippen molar-refractivity contribution in [1.82, 2.24) is 5.06 Å². The zero-order chi connectivity index (χ0) is 57.8. The van der Waals surface area contributed by atoms with E-state index in [0.29, 0.717) is 122 Å². The molecule has 9 rings (SSSR count). The molecule has 1 fully saturated rings. The van der Waals surface area contributed by atoms with E-state index in [2.05, 4.69) is 36.2 Å². The van der Waals surface area contributed by atoms with Crippen LogP contribution in [0.4, 0.5) is 28.4 Å². The minimum Gasteiger partial charge on any atom is -0.493 e. The lowest BCUT2D eigenvalue weighted by Crippen LogP contribution is -2.38. The minimum absolute atomic E-state index is 0.0367. The molecule has 5 aromatic rings. The molecule has 0 radical (unpaired) electrons. The molecular weight excluding hydrogens is 1090 g/mol. The number of rotatable bonds is 29. The second kappa shape index (κ2) is 27.6. The smallest absolute Gasteiger partial charge is 0.333 e. The molecule has 82 heavy (non-hydrogen) atoms. The highest BCUT2D eigenvalue weighted by atomic mass is 33.1. The predicted octanol–water partition coefficient (Wildman–Crippen LogP) is 9.43. The molecule has 21 heteroatoms. The molecule has 434 valence electrons. The Kier molecular flexibility index (Phi) is 20.0. The number of carbonyl (C=O) groups excluding carboxylic acids is 5. The maximum absolute atomic E-state index is 14.3. The highest BCUT2D eigenvalue weighted by molar-refractivity contribution is 8.77. The van der Waals surface area contributed by atoms with Gasteiger partial charge in [0.05, 0.1) is 75.8 Å². The topological polar surface area (TPSA) is 197 Å². The van der Waals surface area contributed by atoms with Crippen molar-refractivity contribution < 1.29 is 62.0 Å². The molecule has 1 saturated heterocycles. The Morgan fingerprint density at radius 3 is 2.12 bits per heavy atom. The first-order chi connectivity index (χ1) is 39.8. The lowest BCUT2D eigenvalue weighted by molar-refractivity contribution is -0.197. The van der Waals surface area contributed by atoms with Gasteiger partial charge in [0.25, 0.3) is 23.6 Å². The number of methoxy groups -OCH3 is 3. The van der Waals surface area contributed by atoms with Crippen LogP contribution in [0.5, 0.6) is 23.0 Å². The summed E-state index contributed by atoms with van der Waals surface area (Å²) < 4.78 is 41.7. The Labute approximate surface area is 486 Å². The van der Waals surface area contributed by atoms with Crippen molar-refractivity contribution in [3.8, 4) is 23.0 Å². The van der Waals surface area contributed by atoms with Crippen LogP contribution in [0.2, 0.25) is 0 Å². The highest BCUT2D eigenvalue weighted by Gasteiger charge is 2.37. The molecule has 0 bridgehead atoms. The SMILES string of the molecule is CNc1cc(OCc2cc(COc3cc4c(cc3OC)C(=O)N3c5ccccc5C[C@H]3C=N4)cc(N(CCOCCOCCOC)CC(C)(C)SSCCCC(=O)ON3C(=O)CCC3=O)c2)c(OC)cc1C(=O)N1CCc2ccccc21. The van der Waals surface area contributed by atoms with Crippen molar-refractivity contribution >= 4 is 85.8 Å². The van der Waals surface area contributed by atoms with Crippen molar-refractivity contribution in [2.75, 3.05) is 107 Å². The van der Waals surface area contributed by atoms with Crippen molar-refractivity contribution in [3.05, 3.63) is 124 Å². The van der Waals surface area contributed by atoms with Gasteiger partial charge in [-0.25, -0.2) is 4.79 Å². The number of imide groups is 1. The van der Waals surface area contributed by atoms with Crippen molar-refractivity contribution in [2.24, 2.45) is 4.99 Å². The number of amides is 4. The molecule has 4 aliphatic rings. The second-order valence-electron chi connectivity index (χ2n) is 20.5. The number of para-hydroxylation sites is 2. The third kappa shape index (κ3) is 14.3. The van der Waals surface area contributed by atoms with Crippen LogP contribution in [0.15, 0.2) is 96.0 Å². The van der Waals surface area contributed by atoms with Gasteiger partial charge in [-0.1, -0.05) is 58.0 Å². The van der Waals surface area contributed by atoms with E-state index in [0.717, 1.165) is 45.7 Å². The van der Waals surface area contributed by atoms with Gasteiger partial charge in [0, 0.05) is 105 Å². The van der Waals surface area contributed by atoms with Crippen LogP contribution in [-0.2, 0) is 59.5 Å². The van der Waals surface area contributed by atoms with Gasteiger partial charge in [-0.2, -0.15) is 0 Å². The van der Waals surface area contributed by atoms with Crippen molar-refractivity contribution in [3.63, 3.8) is 0 Å². The van der Waals surface area contributed by atoms with Crippen LogP contribution >= 0.6 is 21.6 Å². The molecule has 4 amide bonds. The van der Waals surface area contributed by atoms with Gasteiger partial charge in [0.1, 0.15) is 13.2 Å². The van der Waals surface area contributed by atoms with Crippen LogP contribution in [0.25, 0.3) is 0 Å². The number of hydrogen-bond donors (Lipinski definition) is 1. The number of anilines is 4. The molecule has 1 atom stereocenters. The minimum atomic E-state index is -0.625. The fraction of sp³-hybridized carbons (Fsp3) is 0.410. The molecule has 0 unspecified atom stereocenters. The van der Waals surface area contributed by atoms with Gasteiger partial charge in [-0.3, -0.25) is 29.1 Å². The summed E-state index contributed by atoms with van der Waals surface area (Å²) in [6.07, 6.45) is 3.87. The zero-order valence-corrected chi connectivity index (χ0v) is 48.8. The van der Waals surface area contributed by atoms with E-state index in [9.17, 15) is 24.0 Å². The molecule has 1 N–H and O–H groups in total. The average Bonchev–Trinajstić information content (AvgIpc) is 4.38. The first-order valence-electron chi connectivity index (χ1n) is 27.4. The fourth-order valence-electron chi connectivity index (χ4n) is 10.2. The Bertz CT molecular complexity index is 3160. The molecule has 4 heterocycles. The third-order valence-corrected chi connectivity index (χ3v) is 17.6. The van der Waals surface area contributed by atoms with Gasteiger partial charge < -0.3 is 53.1 Å². The number of hydrogen-bond acceptors (Lipinski definition) is 18. The predicted molar refractivity (Wildman–Crippen MR) is 318 cm³/mol. The van der Waals surface area contributed by atoms with Gasteiger partial charge >= 0.3 is 5.97 Å². The summed E-state index contributed by atoms with van der Waals surface area (Å²) in [6.45, 7) is 8.26. The average molecular weight is 1160 g/mol. The van der Waals surface area contributed by atoms with E-state index < -0.39 is 17.8 Å². The Hall–Kier alpha value is -7.30. The van der Waals surface area contributed by atoms with E-state index in [1.807, 2.05) is 60.8 Å². The summed E-state index contributed by atoms with van der Waals surface area (Å²) >= 11 is 0. The first-order valence-corrected chi connectivity index (χ1v) is 29.7. The summed E-state index contributed by atoms with van der Waals surface area (Å²) in [4.78, 5) is 80.8. The summed E-state index contributed by atoms with van der Waals surface area (Å²) in [5.74, 6) is 0.275. The lowest BCUT2D eigenvalue weighted by Gasteiger charge is -2.34. The fourth-order valence-corrected chi connectivity index (χ4v) is 12.8. The number of nitrogens with zero attached hydrogens (tertiary/aromatic N) is 5. The summed E-state index contributed by atoms with van der Waals surface area (Å²) in [6, 6.07) is 28.8. The molecule has 0 aliphatic carbocycles. The number of aliphatic imine (C=N–C) groups is 1. The van der Waals surface area contributed by atoms with Crippen LogP contribution in [0.1, 0.15) is 82.5 Å². The normalized spacial score (nSPS) is 15.2. The number of fused-ring (bicyclic) bond motifs is 5. The Morgan fingerprint density at radius 2 is 1.41 bits per heavy atom. The maximum Gasteiger partial charge on any atom is 0.333 e. The second-order valence-corrected chi connectivity index (χ2v) is 23.7. The van der Waals surface area contributed by atoms with E-state index in [-0.39, 0.29) is 55.1 Å². The van der Waals surface area contributed by atoms with Crippen LogP contribution in [0, 0.1) is 0 Å². The van der Waals surface area contributed by atoms with Gasteiger partial charge in [0.2, 0.25) is 0 Å². The standard InChI is InChI=1S/C61H70N6O13S2/c1-61(2,82-81-27-11-16-58(70)80-67-56(68)17-18-57(67)69)39-64(21-22-76-25-26-77-24-23-73-4)44-29-40(37-78-54-34-48(62-3)46(32-52(54)74-5)59(71)65-20-19-42-12-7-9-14-50(42)65)28-41(30-44)38-79-55-35-49-47(33-53(55)75-6)60(72)66-45(36-63-49)31-43-13-8-10-15-51(43)66/h7-10,12-15,28-30,32-36,45,62H,11,16-27,31,37-39H2,1-6H3/t45-/m0/s1. The largest absolute Gasteiger partial charge is 0.493 e.